The average molecular weight is 232 g/mol. The van der Waals surface area contributed by atoms with E-state index in [0.29, 0.717) is 17.5 Å². The Morgan fingerprint density at radius 2 is 2.06 bits per heavy atom. The summed E-state index contributed by atoms with van der Waals surface area (Å²) in [5, 5.41) is 20.6. The highest BCUT2D eigenvalue weighted by atomic mass is 16.3. The number of carbonyl (C=O) groups is 1. The predicted octanol–water partition coefficient (Wildman–Crippen LogP) is 1.45. The molecule has 4 heteroatoms. The Morgan fingerprint density at radius 1 is 1.47 bits per heavy atom. The van der Waals surface area contributed by atoms with Crippen LogP contribution in [-0.2, 0) is 0 Å². The van der Waals surface area contributed by atoms with E-state index in [-0.39, 0.29) is 12.5 Å². The highest BCUT2D eigenvalue weighted by molar-refractivity contribution is 5.94. The number of nitrogens with zero attached hydrogens (tertiary/aromatic N) is 1. The van der Waals surface area contributed by atoms with E-state index in [2.05, 4.69) is 5.32 Å². The van der Waals surface area contributed by atoms with Gasteiger partial charge in [-0.15, -0.1) is 0 Å². The van der Waals surface area contributed by atoms with Crippen molar-refractivity contribution < 1.29 is 9.90 Å². The maximum atomic E-state index is 11.9. The summed E-state index contributed by atoms with van der Waals surface area (Å²) in [6, 6.07) is 8.38. The number of hydrogen-bond acceptors (Lipinski definition) is 3. The van der Waals surface area contributed by atoms with Gasteiger partial charge in [0.05, 0.1) is 23.8 Å². The molecule has 0 bridgehead atoms. The number of aliphatic hydroxyl groups is 1. The second-order valence-corrected chi connectivity index (χ2v) is 4.22. The lowest BCUT2D eigenvalue weighted by Gasteiger charge is -2.27. The van der Waals surface area contributed by atoms with Crippen molar-refractivity contribution in [2.75, 3.05) is 6.61 Å². The summed E-state index contributed by atoms with van der Waals surface area (Å²) in [6.45, 7) is 3.58. The zero-order valence-electron chi connectivity index (χ0n) is 10.0. The summed E-state index contributed by atoms with van der Waals surface area (Å²) in [7, 11) is 0. The van der Waals surface area contributed by atoms with E-state index in [4.69, 9.17) is 5.26 Å². The molecule has 0 spiro atoms. The van der Waals surface area contributed by atoms with E-state index in [1.807, 2.05) is 13.0 Å². The molecule has 0 fully saturated rings. The van der Waals surface area contributed by atoms with Crippen LogP contribution in [0.3, 0.4) is 0 Å². The molecule has 1 unspecified atom stereocenters. The Morgan fingerprint density at radius 3 is 2.47 bits per heavy atom. The normalized spacial score (nSPS) is 13.5. The first-order valence-electron chi connectivity index (χ1n) is 5.48. The molecule has 0 aliphatic carbocycles. The van der Waals surface area contributed by atoms with E-state index in [1.165, 1.54) is 0 Å². The molecule has 0 aliphatic rings. The van der Waals surface area contributed by atoms with E-state index in [9.17, 15) is 9.90 Å². The van der Waals surface area contributed by atoms with Crippen LogP contribution in [0.1, 0.15) is 36.2 Å². The van der Waals surface area contributed by atoms with E-state index >= 15 is 0 Å². The third kappa shape index (κ3) is 3.30. The Balaban J connectivity index is 2.80. The summed E-state index contributed by atoms with van der Waals surface area (Å²) < 4.78 is 0. The number of benzene rings is 1. The summed E-state index contributed by atoms with van der Waals surface area (Å²) in [6.07, 6.45) is 0.644. The average Bonchev–Trinajstić information content (AvgIpc) is 2.38. The fourth-order valence-corrected chi connectivity index (χ4v) is 1.28. The number of carbonyl (C=O) groups excluding carboxylic acids is 1. The van der Waals surface area contributed by atoms with Gasteiger partial charge < -0.3 is 10.4 Å². The molecule has 4 nitrogen and oxygen atoms in total. The summed E-state index contributed by atoms with van der Waals surface area (Å²) in [4.78, 5) is 11.9. The quantitative estimate of drug-likeness (QED) is 0.825. The maximum absolute atomic E-state index is 11.9. The highest BCUT2D eigenvalue weighted by Crippen LogP contribution is 2.10. The molecule has 0 heterocycles. The lowest BCUT2D eigenvalue weighted by atomic mass is 9.99. The molecule has 0 saturated heterocycles. The summed E-state index contributed by atoms with van der Waals surface area (Å²) in [5.74, 6) is -0.243. The van der Waals surface area contributed by atoms with Crippen LogP contribution in [0.15, 0.2) is 24.3 Å². The number of nitrogens with one attached hydrogen (secondary N) is 1. The summed E-state index contributed by atoms with van der Waals surface area (Å²) in [5.41, 5.74) is 0.393. The smallest absolute Gasteiger partial charge is 0.251 e. The molecular weight excluding hydrogens is 216 g/mol. The monoisotopic (exact) mass is 232 g/mol. The largest absolute Gasteiger partial charge is 0.394 e. The van der Waals surface area contributed by atoms with Gasteiger partial charge in [-0.3, -0.25) is 4.79 Å². The molecule has 1 aromatic carbocycles. The van der Waals surface area contributed by atoms with Crippen LogP contribution >= 0.6 is 0 Å². The molecule has 90 valence electrons. The first-order valence-corrected chi connectivity index (χ1v) is 5.48. The second kappa shape index (κ2) is 5.46. The van der Waals surface area contributed by atoms with Crippen LogP contribution < -0.4 is 5.32 Å². The minimum atomic E-state index is -0.606. The zero-order valence-corrected chi connectivity index (χ0v) is 10.0. The van der Waals surface area contributed by atoms with Gasteiger partial charge in [0.2, 0.25) is 0 Å². The molecule has 1 rings (SSSR count). The molecule has 0 saturated carbocycles. The fourth-order valence-electron chi connectivity index (χ4n) is 1.28. The van der Waals surface area contributed by atoms with Gasteiger partial charge in [0, 0.05) is 5.56 Å². The van der Waals surface area contributed by atoms with Gasteiger partial charge in [0.15, 0.2) is 0 Å². The Bertz CT molecular complexity index is 428. The van der Waals surface area contributed by atoms with Crippen molar-refractivity contribution in [3.63, 3.8) is 0 Å². The van der Waals surface area contributed by atoms with Crippen molar-refractivity contribution in [1.82, 2.24) is 5.32 Å². The molecule has 0 aromatic heterocycles. The predicted molar refractivity (Wildman–Crippen MR) is 64.4 cm³/mol. The lowest BCUT2D eigenvalue weighted by molar-refractivity contribution is 0.0847. The van der Waals surface area contributed by atoms with E-state index in [1.54, 1.807) is 31.2 Å². The van der Waals surface area contributed by atoms with Crippen molar-refractivity contribution in [1.29, 1.82) is 5.26 Å². The fraction of sp³-hybridized carbons (Fsp3) is 0.385. The van der Waals surface area contributed by atoms with Crippen molar-refractivity contribution in [3.05, 3.63) is 35.4 Å². The molecule has 1 aromatic rings. The Hall–Kier alpha value is -1.86. The number of aliphatic hydroxyl groups excluding tert-OH is 1. The van der Waals surface area contributed by atoms with Crippen LogP contribution in [0.25, 0.3) is 0 Å². The van der Waals surface area contributed by atoms with Gasteiger partial charge >= 0.3 is 0 Å². The lowest BCUT2D eigenvalue weighted by Crippen LogP contribution is -2.48. The number of nitriles is 1. The SMILES string of the molecule is CCC(C)(CO)NC(=O)c1ccc(C#N)cc1. The third-order valence-corrected chi connectivity index (χ3v) is 2.82. The van der Waals surface area contributed by atoms with Crippen molar-refractivity contribution in [2.24, 2.45) is 0 Å². The minimum Gasteiger partial charge on any atom is -0.394 e. The standard InChI is InChI=1S/C13H16N2O2/c1-3-13(2,9-16)15-12(17)11-6-4-10(8-14)5-7-11/h4-7,16H,3,9H2,1-2H3,(H,15,17). The molecule has 17 heavy (non-hydrogen) atoms. The van der Waals surface area contributed by atoms with Gasteiger partial charge in [-0.05, 0) is 37.6 Å². The van der Waals surface area contributed by atoms with Crippen LogP contribution in [0, 0.1) is 11.3 Å². The molecule has 0 radical (unpaired) electrons. The Labute approximate surface area is 101 Å². The van der Waals surface area contributed by atoms with Gasteiger partial charge in [-0.2, -0.15) is 5.26 Å². The van der Waals surface area contributed by atoms with Crippen molar-refractivity contribution in [3.8, 4) is 6.07 Å². The van der Waals surface area contributed by atoms with Gasteiger partial charge in [0.1, 0.15) is 0 Å². The van der Waals surface area contributed by atoms with Crippen molar-refractivity contribution >= 4 is 5.91 Å². The zero-order chi connectivity index (χ0) is 12.9. The van der Waals surface area contributed by atoms with Crippen LogP contribution in [-0.4, -0.2) is 23.2 Å². The van der Waals surface area contributed by atoms with Gasteiger partial charge in [-0.25, -0.2) is 0 Å². The molecule has 2 N–H and O–H groups in total. The number of amides is 1. The number of hydrogen-bond donors (Lipinski definition) is 2. The van der Waals surface area contributed by atoms with E-state index < -0.39 is 5.54 Å². The van der Waals surface area contributed by atoms with Crippen molar-refractivity contribution in [2.45, 2.75) is 25.8 Å². The number of rotatable bonds is 4. The second-order valence-electron chi connectivity index (χ2n) is 4.22. The topological polar surface area (TPSA) is 73.1 Å². The molecule has 0 aliphatic heterocycles. The van der Waals surface area contributed by atoms with Crippen LogP contribution in [0.4, 0.5) is 0 Å². The molecular formula is C13H16N2O2. The third-order valence-electron chi connectivity index (χ3n) is 2.82. The summed E-state index contributed by atoms with van der Waals surface area (Å²) >= 11 is 0. The first-order chi connectivity index (χ1) is 8.04. The highest BCUT2D eigenvalue weighted by Gasteiger charge is 2.23. The minimum absolute atomic E-state index is 0.106. The van der Waals surface area contributed by atoms with E-state index in [0.717, 1.165) is 0 Å². The van der Waals surface area contributed by atoms with Crippen LogP contribution in [0.2, 0.25) is 0 Å². The van der Waals surface area contributed by atoms with Gasteiger partial charge in [0.25, 0.3) is 5.91 Å². The molecule has 1 amide bonds. The maximum Gasteiger partial charge on any atom is 0.251 e. The van der Waals surface area contributed by atoms with Gasteiger partial charge in [-0.1, -0.05) is 6.92 Å². The van der Waals surface area contributed by atoms with Crippen LogP contribution in [0.5, 0.6) is 0 Å². The Kier molecular flexibility index (Phi) is 4.24. The first kappa shape index (κ1) is 13.2. The molecule has 1 atom stereocenters.